The van der Waals surface area contributed by atoms with Gasteiger partial charge >= 0.3 is 6.18 Å². The molecule has 0 atom stereocenters. The number of ether oxygens (including phenoxy) is 1. The molecule has 2 aromatic rings. The van der Waals surface area contributed by atoms with E-state index in [1.165, 1.54) is 7.11 Å². The summed E-state index contributed by atoms with van der Waals surface area (Å²) < 4.78 is 43.3. The highest BCUT2D eigenvalue weighted by atomic mass is 19.4. The van der Waals surface area contributed by atoms with Crippen LogP contribution in [0.5, 0.6) is 5.75 Å². The zero-order chi connectivity index (χ0) is 12.5. The fourth-order valence-electron chi connectivity index (χ4n) is 1.36. The van der Waals surface area contributed by atoms with Crippen molar-refractivity contribution in [1.82, 2.24) is 9.78 Å². The lowest BCUT2D eigenvalue weighted by molar-refractivity contribution is -0.137. The molecule has 0 saturated heterocycles. The summed E-state index contributed by atoms with van der Waals surface area (Å²) in [4.78, 5) is 0. The number of aromatic nitrogens is 2. The number of benzene rings is 1. The van der Waals surface area contributed by atoms with Gasteiger partial charge in [0, 0.05) is 12.3 Å². The Morgan fingerprint density at radius 3 is 2.65 bits per heavy atom. The maximum absolute atomic E-state index is 12.4. The molecule has 0 unspecified atom stereocenters. The zero-order valence-electron chi connectivity index (χ0n) is 8.90. The number of hydrogen-bond donors (Lipinski definition) is 0. The molecule has 6 heteroatoms. The summed E-state index contributed by atoms with van der Waals surface area (Å²) in [5, 5.41) is 3.67. The van der Waals surface area contributed by atoms with Crippen LogP contribution in [-0.2, 0) is 6.18 Å². The zero-order valence-corrected chi connectivity index (χ0v) is 8.90. The Morgan fingerprint density at radius 2 is 2.06 bits per heavy atom. The highest BCUT2D eigenvalue weighted by Gasteiger charge is 2.32. The number of alkyl halides is 3. The molecule has 1 heterocycles. The Morgan fingerprint density at radius 1 is 1.29 bits per heavy atom. The van der Waals surface area contributed by atoms with Crippen molar-refractivity contribution in [2.45, 2.75) is 6.18 Å². The van der Waals surface area contributed by atoms with E-state index in [9.17, 15) is 13.2 Å². The molecule has 0 spiro atoms. The van der Waals surface area contributed by atoms with Crippen LogP contribution in [-0.4, -0.2) is 16.9 Å². The summed E-state index contributed by atoms with van der Waals surface area (Å²) in [6, 6.07) is 6.64. The minimum atomic E-state index is -4.38. The molecule has 1 aromatic heterocycles. The van der Waals surface area contributed by atoms with Gasteiger partial charge in [0.25, 0.3) is 0 Å². The van der Waals surface area contributed by atoms with Gasteiger partial charge < -0.3 is 4.74 Å². The molecule has 0 saturated carbocycles. The van der Waals surface area contributed by atoms with E-state index in [2.05, 4.69) is 5.10 Å². The molecule has 0 fully saturated rings. The number of rotatable bonds is 2. The monoisotopic (exact) mass is 242 g/mol. The Hall–Kier alpha value is -1.98. The maximum Gasteiger partial charge on any atom is 0.419 e. The van der Waals surface area contributed by atoms with E-state index in [1.54, 1.807) is 24.3 Å². The lowest BCUT2D eigenvalue weighted by atomic mass is 10.3. The molecule has 0 N–H and O–H groups in total. The van der Waals surface area contributed by atoms with Crippen LogP contribution in [0.4, 0.5) is 13.2 Å². The molecule has 1 aromatic carbocycles. The van der Waals surface area contributed by atoms with Gasteiger partial charge in [-0.2, -0.15) is 18.3 Å². The maximum atomic E-state index is 12.4. The first-order valence-corrected chi connectivity index (χ1v) is 4.77. The first-order valence-electron chi connectivity index (χ1n) is 4.77. The smallest absolute Gasteiger partial charge is 0.419 e. The number of nitrogens with zero attached hydrogens (tertiary/aromatic N) is 2. The van der Waals surface area contributed by atoms with Crippen molar-refractivity contribution in [3.8, 4) is 11.4 Å². The van der Waals surface area contributed by atoms with Gasteiger partial charge in [0.15, 0.2) is 0 Å². The summed E-state index contributed by atoms with van der Waals surface area (Å²) in [5.74, 6) is 0.562. The van der Waals surface area contributed by atoms with Gasteiger partial charge in [0.05, 0.1) is 24.6 Å². The van der Waals surface area contributed by atoms with Crippen molar-refractivity contribution in [2.24, 2.45) is 0 Å². The highest BCUT2D eigenvalue weighted by molar-refractivity contribution is 5.39. The predicted molar refractivity (Wildman–Crippen MR) is 55.1 cm³/mol. The van der Waals surface area contributed by atoms with Crippen molar-refractivity contribution in [2.75, 3.05) is 7.11 Å². The number of methoxy groups -OCH3 is 1. The molecule has 0 bridgehead atoms. The van der Waals surface area contributed by atoms with Gasteiger partial charge in [-0.25, -0.2) is 4.68 Å². The van der Waals surface area contributed by atoms with Gasteiger partial charge in [-0.3, -0.25) is 0 Å². The lowest BCUT2D eigenvalue weighted by Gasteiger charge is -2.04. The van der Waals surface area contributed by atoms with Crippen LogP contribution in [0, 0.1) is 0 Å². The molecule has 0 aliphatic rings. The standard InChI is InChI=1S/C11H9F3N2O/c1-17-10-4-2-3-9(5-10)16-7-8(6-15-16)11(12,13)14/h2-7H,1H3. The second-order valence-electron chi connectivity index (χ2n) is 3.37. The molecule has 3 nitrogen and oxygen atoms in total. The Balaban J connectivity index is 2.37. The number of halogens is 3. The van der Waals surface area contributed by atoms with Gasteiger partial charge in [-0.1, -0.05) is 6.07 Å². The van der Waals surface area contributed by atoms with E-state index in [1.807, 2.05) is 0 Å². The molecule has 0 radical (unpaired) electrons. The van der Waals surface area contributed by atoms with Crippen LogP contribution in [0.1, 0.15) is 5.56 Å². The average Bonchev–Trinajstić information content (AvgIpc) is 2.78. The lowest BCUT2D eigenvalue weighted by Crippen LogP contribution is -2.03. The van der Waals surface area contributed by atoms with Crippen molar-refractivity contribution in [1.29, 1.82) is 0 Å². The van der Waals surface area contributed by atoms with E-state index in [-0.39, 0.29) is 0 Å². The van der Waals surface area contributed by atoms with Gasteiger partial charge in [-0.05, 0) is 12.1 Å². The fourth-order valence-corrected chi connectivity index (χ4v) is 1.36. The summed E-state index contributed by atoms with van der Waals surface area (Å²) in [6.07, 6.45) is -2.65. The SMILES string of the molecule is COc1cccc(-n2cc(C(F)(F)F)cn2)c1. The third-order valence-corrected chi connectivity index (χ3v) is 2.23. The van der Waals surface area contributed by atoms with Crippen molar-refractivity contribution in [3.63, 3.8) is 0 Å². The Kier molecular flexibility index (Phi) is 2.79. The largest absolute Gasteiger partial charge is 0.497 e. The summed E-state index contributed by atoms with van der Waals surface area (Å²) in [7, 11) is 1.49. The van der Waals surface area contributed by atoms with E-state index in [4.69, 9.17) is 4.74 Å². The van der Waals surface area contributed by atoms with Gasteiger partial charge in [-0.15, -0.1) is 0 Å². The van der Waals surface area contributed by atoms with Crippen molar-refractivity contribution < 1.29 is 17.9 Å². The molecule has 90 valence electrons. The highest BCUT2D eigenvalue weighted by Crippen LogP contribution is 2.29. The summed E-state index contributed by atoms with van der Waals surface area (Å²) in [5.41, 5.74) is -0.264. The minimum absolute atomic E-state index is 0.514. The van der Waals surface area contributed by atoms with E-state index in [0.717, 1.165) is 17.1 Å². The normalized spacial score (nSPS) is 11.5. The number of hydrogen-bond acceptors (Lipinski definition) is 2. The third kappa shape index (κ3) is 2.41. The van der Waals surface area contributed by atoms with Crippen LogP contribution in [0.2, 0.25) is 0 Å². The van der Waals surface area contributed by atoms with Gasteiger partial charge in [0.1, 0.15) is 5.75 Å². The third-order valence-electron chi connectivity index (χ3n) is 2.23. The Labute approximate surface area is 95.4 Å². The molecule has 0 aliphatic heterocycles. The molecule has 0 aliphatic carbocycles. The van der Waals surface area contributed by atoms with Crippen LogP contribution in [0.3, 0.4) is 0 Å². The second-order valence-corrected chi connectivity index (χ2v) is 3.37. The molecule has 0 amide bonds. The van der Waals surface area contributed by atoms with Crippen LogP contribution in [0.15, 0.2) is 36.7 Å². The minimum Gasteiger partial charge on any atom is -0.497 e. The van der Waals surface area contributed by atoms with Crippen LogP contribution in [0.25, 0.3) is 5.69 Å². The van der Waals surface area contributed by atoms with Crippen molar-refractivity contribution >= 4 is 0 Å². The van der Waals surface area contributed by atoms with Gasteiger partial charge in [0.2, 0.25) is 0 Å². The topological polar surface area (TPSA) is 27.1 Å². The first-order chi connectivity index (χ1) is 8.00. The molecular formula is C11H9F3N2O. The Bertz CT molecular complexity index is 519. The average molecular weight is 242 g/mol. The molecular weight excluding hydrogens is 233 g/mol. The first kappa shape index (κ1) is 11.5. The quantitative estimate of drug-likeness (QED) is 0.809. The molecule has 2 rings (SSSR count). The molecule has 17 heavy (non-hydrogen) atoms. The van der Waals surface area contributed by atoms with Crippen molar-refractivity contribution in [3.05, 3.63) is 42.2 Å². The van der Waals surface area contributed by atoms with E-state index >= 15 is 0 Å². The van der Waals surface area contributed by atoms with Crippen LogP contribution >= 0.6 is 0 Å². The summed E-state index contributed by atoms with van der Waals surface area (Å²) >= 11 is 0. The predicted octanol–water partition coefficient (Wildman–Crippen LogP) is 2.90. The van der Waals surface area contributed by atoms with E-state index in [0.29, 0.717) is 11.4 Å². The fraction of sp³-hybridized carbons (Fsp3) is 0.182. The summed E-state index contributed by atoms with van der Waals surface area (Å²) in [6.45, 7) is 0. The second kappa shape index (κ2) is 4.12. The van der Waals surface area contributed by atoms with Crippen LogP contribution < -0.4 is 4.74 Å². The van der Waals surface area contributed by atoms with E-state index < -0.39 is 11.7 Å².